The lowest BCUT2D eigenvalue weighted by Gasteiger charge is -1.99. The Bertz CT molecular complexity index is 732. The van der Waals surface area contributed by atoms with E-state index in [0.29, 0.717) is 10.2 Å². The van der Waals surface area contributed by atoms with Crippen LogP contribution in [0.25, 0.3) is 16.9 Å². The fraction of sp³-hybridized carbons (Fsp3) is 0.143. The minimum Gasteiger partial charge on any atom is -0.233 e. The first kappa shape index (κ1) is 12.5. The Hall–Kier alpha value is -1.58. The number of halogens is 2. The van der Waals surface area contributed by atoms with E-state index in [9.17, 15) is 0 Å². The van der Waals surface area contributed by atoms with Crippen molar-refractivity contribution in [2.75, 3.05) is 0 Å². The molecule has 2 heterocycles. The van der Waals surface area contributed by atoms with Crippen LogP contribution in [-0.4, -0.2) is 14.6 Å². The number of nitrogens with zero attached hydrogens (tertiary/aromatic N) is 3. The van der Waals surface area contributed by atoms with Gasteiger partial charge in [0.25, 0.3) is 0 Å². The van der Waals surface area contributed by atoms with Crippen LogP contribution in [0.4, 0.5) is 0 Å². The van der Waals surface area contributed by atoms with Gasteiger partial charge in [0.1, 0.15) is 5.15 Å². The molecule has 0 atom stereocenters. The van der Waals surface area contributed by atoms with Crippen molar-refractivity contribution in [2.45, 2.75) is 13.3 Å². The minimum atomic E-state index is 0.571. The highest BCUT2D eigenvalue weighted by Gasteiger charge is 2.09. The summed E-state index contributed by atoms with van der Waals surface area (Å²) < 4.78 is 1.64. The summed E-state index contributed by atoms with van der Waals surface area (Å²) in [4.78, 5) is 4.51. The van der Waals surface area contributed by atoms with Gasteiger partial charge in [-0.05, 0) is 24.6 Å². The van der Waals surface area contributed by atoms with E-state index in [2.05, 4.69) is 10.1 Å². The van der Waals surface area contributed by atoms with Crippen LogP contribution in [0.1, 0.15) is 12.6 Å². The third-order valence-electron chi connectivity index (χ3n) is 2.94. The molecule has 1 aromatic carbocycles. The molecule has 3 rings (SSSR count). The van der Waals surface area contributed by atoms with Gasteiger partial charge in [-0.1, -0.05) is 42.3 Å². The summed E-state index contributed by atoms with van der Waals surface area (Å²) in [7, 11) is 0. The van der Waals surface area contributed by atoms with Crippen LogP contribution in [0.3, 0.4) is 0 Å². The lowest BCUT2D eigenvalue weighted by atomic mass is 10.2. The molecule has 3 aromatic rings. The normalized spacial score (nSPS) is 11.1. The monoisotopic (exact) mass is 291 g/mol. The fourth-order valence-electron chi connectivity index (χ4n) is 1.93. The summed E-state index contributed by atoms with van der Waals surface area (Å²) in [6.07, 6.45) is 0.845. The largest absolute Gasteiger partial charge is 0.233 e. The fourth-order valence-corrected chi connectivity index (χ4v) is 2.31. The van der Waals surface area contributed by atoms with Crippen molar-refractivity contribution in [1.29, 1.82) is 0 Å². The molecule has 0 unspecified atom stereocenters. The first-order chi connectivity index (χ1) is 9.17. The highest BCUT2D eigenvalue weighted by molar-refractivity contribution is 6.30. The van der Waals surface area contributed by atoms with Crippen LogP contribution in [0.5, 0.6) is 0 Å². The second kappa shape index (κ2) is 4.83. The lowest BCUT2D eigenvalue weighted by Crippen LogP contribution is -1.96. The van der Waals surface area contributed by atoms with Crippen molar-refractivity contribution in [3.8, 4) is 11.3 Å². The Kier molecular flexibility index (Phi) is 3.17. The predicted octanol–water partition coefficient (Wildman–Crippen LogP) is 4.27. The molecule has 0 aliphatic heterocycles. The first-order valence-corrected chi connectivity index (χ1v) is 6.74. The summed E-state index contributed by atoms with van der Waals surface area (Å²) in [5.41, 5.74) is 3.54. The topological polar surface area (TPSA) is 30.2 Å². The molecule has 5 heteroatoms. The molecule has 0 fully saturated rings. The number of hydrogen-bond donors (Lipinski definition) is 0. The van der Waals surface area contributed by atoms with Gasteiger partial charge in [0.05, 0.1) is 5.69 Å². The first-order valence-electron chi connectivity index (χ1n) is 5.98. The van der Waals surface area contributed by atoms with E-state index in [1.165, 1.54) is 0 Å². The van der Waals surface area contributed by atoms with E-state index in [0.717, 1.165) is 29.0 Å². The smallest absolute Gasteiger partial charge is 0.157 e. The number of fused-ring (bicyclic) bond motifs is 1. The number of hydrogen-bond acceptors (Lipinski definition) is 2. The van der Waals surface area contributed by atoms with Crippen molar-refractivity contribution in [3.05, 3.63) is 52.3 Å². The summed E-state index contributed by atoms with van der Waals surface area (Å²) in [5, 5.41) is 5.74. The van der Waals surface area contributed by atoms with E-state index >= 15 is 0 Å². The van der Waals surface area contributed by atoms with Crippen molar-refractivity contribution >= 4 is 28.8 Å². The van der Waals surface area contributed by atoms with Crippen LogP contribution in [0.15, 0.2) is 36.4 Å². The Balaban J connectivity index is 2.16. The molecule has 0 saturated heterocycles. The molecule has 19 heavy (non-hydrogen) atoms. The molecule has 0 saturated carbocycles. The Morgan fingerprint density at radius 1 is 1.11 bits per heavy atom. The Morgan fingerprint density at radius 2 is 1.84 bits per heavy atom. The van der Waals surface area contributed by atoms with Gasteiger partial charge in [-0.2, -0.15) is 5.10 Å². The molecule has 0 spiro atoms. The molecule has 0 N–H and O–H groups in total. The predicted molar refractivity (Wildman–Crippen MR) is 77.8 cm³/mol. The SMILES string of the molecule is CCc1cc(Cl)n2nc(-c3ccc(Cl)cc3)cc2n1. The van der Waals surface area contributed by atoms with Gasteiger partial charge in [-0.15, -0.1) is 0 Å². The lowest BCUT2D eigenvalue weighted by molar-refractivity contribution is 0.916. The summed E-state index contributed by atoms with van der Waals surface area (Å²) >= 11 is 12.1. The maximum atomic E-state index is 6.21. The standard InChI is InChI=1S/C14H11Cl2N3/c1-2-11-7-13(16)19-14(17-11)8-12(18-19)9-3-5-10(15)6-4-9/h3-8H,2H2,1H3. The summed E-state index contributed by atoms with van der Waals surface area (Å²) in [6, 6.07) is 11.3. The zero-order valence-corrected chi connectivity index (χ0v) is 11.8. The quantitative estimate of drug-likeness (QED) is 0.660. The maximum Gasteiger partial charge on any atom is 0.157 e. The van der Waals surface area contributed by atoms with E-state index in [1.807, 2.05) is 43.3 Å². The van der Waals surface area contributed by atoms with E-state index in [-0.39, 0.29) is 0 Å². The highest BCUT2D eigenvalue weighted by Crippen LogP contribution is 2.23. The van der Waals surface area contributed by atoms with Gasteiger partial charge in [0.2, 0.25) is 0 Å². The summed E-state index contributed by atoms with van der Waals surface area (Å²) in [5.74, 6) is 0. The van der Waals surface area contributed by atoms with Gasteiger partial charge in [-0.3, -0.25) is 0 Å². The zero-order valence-electron chi connectivity index (χ0n) is 10.3. The van der Waals surface area contributed by atoms with Crippen LogP contribution in [-0.2, 0) is 6.42 Å². The van der Waals surface area contributed by atoms with Gasteiger partial charge in [0, 0.05) is 22.3 Å². The van der Waals surface area contributed by atoms with Gasteiger partial charge in [0.15, 0.2) is 5.65 Å². The van der Waals surface area contributed by atoms with Crippen molar-refractivity contribution in [1.82, 2.24) is 14.6 Å². The zero-order chi connectivity index (χ0) is 13.4. The van der Waals surface area contributed by atoms with Crippen LogP contribution >= 0.6 is 23.2 Å². The molecule has 0 aliphatic rings. The van der Waals surface area contributed by atoms with Crippen molar-refractivity contribution in [3.63, 3.8) is 0 Å². The number of benzene rings is 1. The third-order valence-corrected chi connectivity index (χ3v) is 3.46. The molecule has 0 aliphatic carbocycles. The molecule has 0 amide bonds. The van der Waals surface area contributed by atoms with E-state index in [1.54, 1.807) is 4.52 Å². The second-order valence-corrected chi connectivity index (χ2v) is 5.05. The molecule has 2 aromatic heterocycles. The van der Waals surface area contributed by atoms with Gasteiger partial charge in [-0.25, -0.2) is 9.50 Å². The van der Waals surface area contributed by atoms with Gasteiger partial charge >= 0.3 is 0 Å². The molecular formula is C14H11Cl2N3. The van der Waals surface area contributed by atoms with Crippen LogP contribution < -0.4 is 0 Å². The molecular weight excluding hydrogens is 281 g/mol. The minimum absolute atomic E-state index is 0.571. The Morgan fingerprint density at radius 3 is 2.53 bits per heavy atom. The highest BCUT2D eigenvalue weighted by atomic mass is 35.5. The van der Waals surface area contributed by atoms with Crippen molar-refractivity contribution in [2.24, 2.45) is 0 Å². The van der Waals surface area contributed by atoms with E-state index < -0.39 is 0 Å². The number of rotatable bonds is 2. The average Bonchev–Trinajstić information content (AvgIpc) is 2.84. The third kappa shape index (κ3) is 2.31. The molecule has 0 bridgehead atoms. The van der Waals surface area contributed by atoms with E-state index in [4.69, 9.17) is 23.2 Å². The van der Waals surface area contributed by atoms with Crippen molar-refractivity contribution < 1.29 is 0 Å². The Labute approximate surface area is 120 Å². The maximum absolute atomic E-state index is 6.21. The molecule has 0 radical (unpaired) electrons. The van der Waals surface area contributed by atoms with Crippen LogP contribution in [0.2, 0.25) is 10.2 Å². The average molecular weight is 292 g/mol. The van der Waals surface area contributed by atoms with Gasteiger partial charge < -0.3 is 0 Å². The molecule has 3 nitrogen and oxygen atoms in total. The summed E-state index contributed by atoms with van der Waals surface area (Å²) in [6.45, 7) is 2.05. The number of aromatic nitrogens is 3. The number of aryl methyl sites for hydroxylation is 1. The second-order valence-electron chi connectivity index (χ2n) is 4.23. The molecule has 96 valence electrons. The van der Waals surface area contributed by atoms with Crippen LogP contribution in [0, 0.1) is 0 Å².